The smallest absolute Gasteiger partial charge is 0.306 e. The summed E-state index contributed by atoms with van der Waals surface area (Å²) in [6, 6.07) is 27.2. The number of hydrogen-bond acceptors (Lipinski definition) is 17. The lowest BCUT2D eigenvalue weighted by molar-refractivity contribution is -0.155. The number of halogens is 1. The molecule has 0 aromatic heterocycles. The van der Waals surface area contributed by atoms with Crippen LogP contribution in [0.25, 0.3) is 12.2 Å². The predicted octanol–water partition coefficient (Wildman–Crippen LogP) is 6.34. The highest BCUT2D eigenvalue weighted by atomic mass is 35.5. The first-order valence-electron chi connectivity index (χ1n) is 20.2. The molecule has 8 rings (SSSR count). The Hall–Kier alpha value is -5.66. The number of fused-ring (bicyclic) bond motifs is 2. The molecule has 4 N–H and O–H groups in total. The third kappa shape index (κ3) is 12.5. The second kappa shape index (κ2) is 21.7. The molecule has 0 spiro atoms. The number of amidine groups is 2. The Bertz CT molecular complexity index is 3050. The number of hydrogen-bond donors (Lipinski definition) is 3. The van der Waals surface area contributed by atoms with Gasteiger partial charge in [-0.2, -0.15) is 26.9 Å². The molecule has 68 heavy (non-hydrogen) atoms. The number of ether oxygens (including phenoxy) is 3. The summed E-state index contributed by atoms with van der Waals surface area (Å²) in [5.74, 6) is 0.227. The van der Waals surface area contributed by atoms with Crippen molar-refractivity contribution in [1.82, 2.24) is 20.9 Å². The van der Waals surface area contributed by atoms with Gasteiger partial charge in [0.05, 0.1) is 16.4 Å². The Labute approximate surface area is 418 Å². The number of thioether (sulfide) groups is 2. The number of carbonyl (C=O) groups is 3. The number of nitrogens with two attached hydrogens (primary N) is 1. The molecule has 356 valence electrons. The maximum Gasteiger partial charge on any atom is 0.306 e. The van der Waals surface area contributed by atoms with Crippen molar-refractivity contribution < 1.29 is 45.4 Å². The molecule has 4 heterocycles. The van der Waals surface area contributed by atoms with Gasteiger partial charge < -0.3 is 19.9 Å². The van der Waals surface area contributed by atoms with E-state index in [1.165, 1.54) is 12.1 Å². The van der Waals surface area contributed by atoms with Crippen molar-refractivity contribution in [3.05, 3.63) is 129 Å². The molecule has 4 aromatic rings. The van der Waals surface area contributed by atoms with Crippen LogP contribution in [-0.4, -0.2) is 90.3 Å². The van der Waals surface area contributed by atoms with Crippen LogP contribution in [0.3, 0.4) is 0 Å². The number of esters is 1. The van der Waals surface area contributed by atoms with Crippen LogP contribution in [0.15, 0.2) is 125 Å². The van der Waals surface area contributed by atoms with Crippen molar-refractivity contribution in [2.75, 3.05) is 19.8 Å². The first kappa shape index (κ1) is 51.7. The number of benzene rings is 4. The third-order valence-electron chi connectivity index (χ3n) is 9.20. The van der Waals surface area contributed by atoms with Gasteiger partial charge in [0.1, 0.15) is 33.5 Å². The van der Waals surface area contributed by atoms with E-state index in [4.69, 9.17) is 44.4 Å². The summed E-state index contributed by atoms with van der Waals surface area (Å²) in [6.07, 6.45) is 4.13. The number of hydrazine groups is 2. The van der Waals surface area contributed by atoms with Crippen molar-refractivity contribution in [2.24, 2.45) is 14.5 Å². The Morgan fingerprint density at radius 3 is 1.59 bits per heavy atom. The van der Waals surface area contributed by atoms with Gasteiger partial charge in [0.15, 0.2) is 20.3 Å². The first-order valence-corrected chi connectivity index (χ1v) is 25.5. The van der Waals surface area contributed by atoms with E-state index in [0.29, 0.717) is 58.6 Å². The van der Waals surface area contributed by atoms with Gasteiger partial charge in [-0.1, -0.05) is 72.1 Å². The van der Waals surface area contributed by atoms with Crippen LogP contribution in [0.5, 0.6) is 11.5 Å². The van der Waals surface area contributed by atoms with Crippen LogP contribution in [0.2, 0.25) is 0 Å². The summed E-state index contributed by atoms with van der Waals surface area (Å²) >= 11 is 12.8. The molecular formula is C44H42ClN7O10S6. The quantitative estimate of drug-likeness (QED) is 0.0608. The van der Waals surface area contributed by atoms with E-state index in [1.807, 2.05) is 39.0 Å². The Balaban J connectivity index is 0.000000225. The lowest BCUT2D eigenvalue weighted by atomic mass is 10.2. The molecule has 4 aliphatic rings. The Kier molecular flexibility index (Phi) is 16.5. The van der Waals surface area contributed by atoms with Crippen molar-refractivity contribution in [2.45, 2.75) is 49.0 Å². The van der Waals surface area contributed by atoms with Gasteiger partial charge in [-0.3, -0.25) is 25.2 Å². The molecule has 0 aliphatic carbocycles. The molecule has 0 unspecified atom stereocenters. The fraction of sp³-hybridized carbons (Fsp3) is 0.205. The zero-order valence-corrected chi connectivity index (χ0v) is 41.9. The molecule has 0 saturated carbocycles. The van der Waals surface area contributed by atoms with Gasteiger partial charge >= 0.3 is 5.97 Å². The minimum absolute atomic E-state index is 0. The maximum atomic E-state index is 13.0. The van der Waals surface area contributed by atoms with Gasteiger partial charge in [0, 0.05) is 24.1 Å². The molecule has 2 fully saturated rings. The molecule has 0 bridgehead atoms. The summed E-state index contributed by atoms with van der Waals surface area (Å²) in [4.78, 5) is 38.6. The topological polar surface area (TPSA) is 228 Å². The number of sulfonamides is 2. The van der Waals surface area contributed by atoms with Gasteiger partial charge in [-0.05, 0) is 123 Å². The monoisotopic (exact) mass is 1060 g/mol. The summed E-state index contributed by atoms with van der Waals surface area (Å²) in [7, 11) is -7.64. The highest BCUT2D eigenvalue weighted by Gasteiger charge is 2.38. The molecule has 0 radical (unpaired) electrons. The van der Waals surface area contributed by atoms with Crippen molar-refractivity contribution >= 4 is 131 Å². The summed E-state index contributed by atoms with van der Waals surface area (Å²) in [6.45, 7) is 6.59. The van der Waals surface area contributed by atoms with Crippen molar-refractivity contribution in [3.8, 4) is 11.5 Å². The molecule has 4 aliphatic heterocycles. The van der Waals surface area contributed by atoms with Crippen LogP contribution < -0.4 is 26.1 Å². The predicted molar refractivity (Wildman–Crippen MR) is 272 cm³/mol. The van der Waals surface area contributed by atoms with E-state index in [0.717, 1.165) is 44.7 Å². The van der Waals surface area contributed by atoms with E-state index < -0.39 is 37.5 Å². The summed E-state index contributed by atoms with van der Waals surface area (Å²) < 4.78 is 73.5. The van der Waals surface area contributed by atoms with Crippen LogP contribution in [0.4, 0.5) is 0 Å². The molecule has 2 saturated heterocycles. The number of carbonyl (C=O) groups excluding carboxylic acids is 3. The lowest BCUT2D eigenvalue weighted by Gasteiger charge is -2.19. The van der Waals surface area contributed by atoms with Gasteiger partial charge in [0.2, 0.25) is 0 Å². The van der Waals surface area contributed by atoms with E-state index in [9.17, 15) is 31.2 Å². The van der Waals surface area contributed by atoms with Gasteiger partial charge in [0.25, 0.3) is 31.9 Å². The zero-order valence-electron chi connectivity index (χ0n) is 36.2. The number of rotatable bonds is 12. The lowest BCUT2D eigenvalue weighted by Crippen LogP contribution is -2.44. The number of amides is 2. The van der Waals surface area contributed by atoms with Crippen LogP contribution >= 0.6 is 60.4 Å². The highest BCUT2D eigenvalue weighted by Crippen LogP contribution is 2.35. The SMILES string of the molecule is CC(C)(C)OC(=O)CCCOc1cccc(/C=C2\SC(=S)N(NC3=NS(=O)(=O)c4ccccc43)C2=O)c1.Cl.NCCOc1cccc(/C=C2\SC(=S)N(NC3=NS(=O)(=O)c4ccccc43)C2=O)c1. The number of nitrogens with zero attached hydrogens (tertiary/aromatic N) is 4. The van der Waals surface area contributed by atoms with Crippen LogP contribution in [-0.2, 0) is 39.2 Å². The molecule has 24 heteroatoms. The number of thiocarbonyl (C=S) groups is 2. The minimum atomic E-state index is -3.84. The average molecular weight is 1060 g/mol. The fourth-order valence-electron chi connectivity index (χ4n) is 6.38. The van der Waals surface area contributed by atoms with E-state index in [2.05, 4.69) is 19.6 Å². The average Bonchev–Trinajstić information content (AvgIpc) is 3.90. The molecule has 17 nitrogen and oxygen atoms in total. The number of nitrogens with one attached hydrogen (secondary N) is 2. The second-order valence-corrected chi connectivity index (χ2v) is 21.9. The molecule has 0 atom stereocenters. The van der Waals surface area contributed by atoms with Crippen molar-refractivity contribution in [3.63, 3.8) is 0 Å². The van der Waals surface area contributed by atoms with Crippen LogP contribution in [0.1, 0.15) is 55.9 Å². The molecule has 4 aromatic carbocycles. The largest absolute Gasteiger partial charge is 0.494 e. The van der Waals surface area contributed by atoms with Crippen molar-refractivity contribution in [1.29, 1.82) is 0 Å². The minimum Gasteiger partial charge on any atom is -0.494 e. The maximum absolute atomic E-state index is 13.0. The van der Waals surface area contributed by atoms with Gasteiger partial charge in [-0.15, -0.1) is 21.2 Å². The van der Waals surface area contributed by atoms with E-state index >= 15 is 0 Å². The Morgan fingerprint density at radius 1 is 0.706 bits per heavy atom. The fourth-order valence-corrected chi connectivity index (χ4v) is 11.1. The second-order valence-electron chi connectivity index (χ2n) is 15.4. The van der Waals surface area contributed by atoms with E-state index in [1.54, 1.807) is 78.9 Å². The normalized spacial score (nSPS) is 17.7. The first-order chi connectivity index (χ1) is 31.8. The van der Waals surface area contributed by atoms with E-state index in [-0.39, 0.29) is 54.9 Å². The summed E-state index contributed by atoms with van der Waals surface area (Å²) in [5, 5.41) is 2.23. The standard InChI is InChI=1S/C25H25N3O6S3.C19H16N4O4S3.ClH/c1-25(2,3)34-21(29)12-7-13-33-17-9-6-8-16(14-17)15-19-23(30)28(24(35)36-19)26-22-18-10-4-5-11-20(18)37(31,32)27-22;20-8-9-27-13-5-3-4-12(10-13)11-15-18(24)23(19(28)29-15)21-17-14-6-1-2-7-16(14)30(25,26)22-17;/h4-6,8-11,14-15H,7,12-13H2,1-3H3,(H,26,27);1-7,10-11H,8-9,20H2,(H,21,22);1H/b19-15-;15-11-;. The zero-order chi connectivity index (χ0) is 48.1. The molecule has 2 amide bonds. The molecular weight excluding hydrogens is 1010 g/mol. The van der Waals surface area contributed by atoms with Gasteiger partial charge in [-0.25, -0.2) is 0 Å². The third-order valence-corrected chi connectivity index (χ3v) is 14.5. The van der Waals surface area contributed by atoms with Crippen LogP contribution in [0, 0.1) is 0 Å². The highest BCUT2D eigenvalue weighted by molar-refractivity contribution is 8.27. The Morgan fingerprint density at radius 2 is 1.15 bits per heavy atom. The summed E-state index contributed by atoms with van der Waals surface area (Å²) in [5.41, 5.74) is 12.7.